The maximum Gasteiger partial charge on any atom is 0.199 e. The van der Waals surface area contributed by atoms with Crippen molar-refractivity contribution >= 4 is 29.3 Å². The topological polar surface area (TPSA) is 95.7 Å². The summed E-state index contributed by atoms with van der Waals surface area (Å²) in [6.07, 6.45) is 3.28. The lowest BCUT2D eigenvalue weighted by atomic mass is 10.3. The molecule has 0 saturated heterocycles. The Morgan fingerprint density at radius 3 is 2.57 bits per heavy atom. The van der Waals surface area contributed by atoms with Crippen LogP contribution in [0.15, 0.2) is 47.4 Å². The van der Waals surface area contributed by atoms with Crippen LogP contribution >= 0.6 is 12.4 Å². The zero-order valence-electron chi connectivity index (χ0n) is 11.5. The predicted molar refractivity (Wildman–Crippen MR) is 83.8 cm³/mol. The fourth-order valence-corrected chi connectivity index (χ4v) is 2.29. The molecule has 7 nitrogen and oxygen atoms in total. The molecule has 0 saturated carbocycles. The summed E-state index contributed by atoms with van der Waals surface area (Å²) in [7, 11) is 0. The summed E-state index contributed by atoms with van der Waals surface area (Å²) in [5.41, 5.74) is 8.25. The summed E-state index contributed by atoms with van der Waals surface area (Å²) in [5.74, 6) is 0.263. The number of nitrogen functional groups attached to an aromatic ring is 1. The lowest BCUT2D eigenvalue weighted by Gasteiger charge is -2.07. The van der Waals surface area contributed by atoms with Crippen LogP contribution in [-0.2, 0) is 0 Å². The van der Waals surface area contributed by atoms with E-state index in [1.54, 1.807) is 35.2 Å². The number of aromatic nitrogens is 5. The van der Waals surface area contributed by atoms with Crippen molar-refractivity contribution in [2.24, 2.45) is 0 Å². The normalized spacial score (nSPS) is 10.7. The van der Waals surface area contributed by atoms with Gasteiger partial charge in [-0.2, -0.15) is 0 Å². The lowest BCUT2D eigenvalue weighted by molar-refractivity contribution is 0.310. The van der Waals surface area contributed by atoms with Crippen molar-refractivity contribution in [1.29, 1.82) is 0 Å². The van der Waals surface area contributed by atoms with Gasteiger partial charge in [0.2, 0.25) is 0 Å². The Bertz CT molecular complexity index is 965. The number of pyridine rings is 1. The molecule has 0 bridgehead atoms. The summed E-state index contributed by atoms with van der Waals surface area (Å²) in [5, 5.41) is 7.37. The van der Waals surface area contributed by atoms with E-state index in [-0.39, 0.29) is 24.0 Å². The van der Waals surface area contributed by atoms with E-state index in [9.17, 15) is 4.39 Å². The van der Waals surface area contributed by atoms with E-state index in [2.05, 4.69) is 24.9 Å². The smallest absolute Gasteiger partial charge is 0.199 e. The van der Waals surface area contributed by atoms with Crippen molar-refractivity contribution in [2.75, 3.05) is 5.73 Å². The molecular weight excluding hydrogens is 323 g/mol. The molecule has 0 atom stereocenters. The molecule has 23 heavy (non-hydrogen) atoms. The van der Waals surface area contributed by atoms with Gasteiger partial charge in [0.1, 0.15) is 11.3 Å². The van der Waals surface area contributed by atoms with E-state index in [0.717, 1.165) is 5.52 Å². The molecule has 0 spiro atoms. The summed E-state index contributed by atoms with van der Waals surface area (Å²) in [4.78, 5) is 8.53. The minimum atomic E-state index is -0.320. The fraction of sp³-hybridized carbons (Fsp3) is 0. The molecule has 0 aliphatic rings. The van der Waals surface area contributed by atoms with E-state index in [1.807, 2.05) is 0 Å². The Kier molecular flexibility index (Phi) is 3.67. The molecule has 9 heteroatoms. The molecule has 4 aromatic rings. The van der Waals surface area contributed by atoms with E-state index < -0.39 is 0 Å². The molecule has 0 fully saturated rings. The maximum absolute atomic E-state index is 13.2. The van der Waals surface area contributed by atoms with Gasteiger partial charge in [-0.1, -0.05) is 0 Å². The Hall–Kier alpha value is -3.00. The van der Waals surface area contributed by atoms with Crippen LogP contribution < -0.4 is 5.73 Å². The predicted octanol–water partition coefficient (Wildman–Crippen LogP) is 2.61. The highest BCUT2D eigenvalue weighted by atomic mass is 35.5. The highest BCUT2D eigenvalue weighted by Crippen LogP contribution is 2.29. The minimum absolute atomic E-state index is 0. The first-order valence-electron chi connectivity index (χ1n) is 6.41. The van der Waals surface area contributed by atoms with Gasteiger partial charge in [-0.05, 0) is 40.6 Å². The SMILES string of the molecule is Cl.Nc1nonc1-c1nc2cnccc2n1-c1ccc(F)cc1. The molecule has 2 N–H and O–H groups in total. The number of fused-ring (bicyclic) bond motifs is 1. The number of halogens is 2. The second-order valence-electron chi connectivity index (χ2n) is 4.61. The molecule has 0 unspecified atom stereocenters. The third-order valence-corrected chi connectivity index (χ3v) is 3.27. The average Bonchev–Trinajstić information content (AvgIpc) is 3.11. The molecule has 3 aromatic heterocycles. The maximum atomic E-state index is 13.2. The summed E-state index contributed by atoms with van der Waals surface area (Å²) < 4.78 is 19.6. The standard InChI is InChI=1S/C14H9FN6O.ClH/c15-8-1-3-9(4-2-8)21-11-5-6-17-7-10(11)18-14(21)12-13(16)20-22-19-12;/h1-7H,(H2,16,20);1H. The first-order chi connectivity index (χ1) is 10.7. The number of nitrogens with two attached hydrogens (primary N) is 1. The van der Waals surface area contributed by atoms with Crippen molar-refractivity contribution < 1.29 is 9.02 Å². The number of imidazole rings is 1. The summed E-state index contributed by atoms with van der Waals surface area (Å²) >= 11 is 0. The number of nitrogens with zero attached hydrogens (tertiary/aromatic N) is 5. The van der Waals surface area contributed by atoms with Gasteiger partial charge in [-0.3, -0.25) is 9.55 Å². The molecule has 3 heterocycles. The average molecular weight is 333 g/mol. The first-order valence-corrected chi connectivity index (χ1v) is 6.41. The monoisotopic (exact) mass is 332 g/mol. The largest absolute Gasteiger partial charge is 0.379 e. The second-order valence-corrected chi connectivity index (χ2v) is 4.61. The van der Waals surface area contributed by atoms with Crippen LogP contribution in [0, 0.1) is 5.82 Å². The second kappa shape index (κ2) is 5.65. The Morgan fingerprint density at radius 2 is 1.87 bits per heavy atom. The van der Waals surface area contributed by atoms with Crippen molar-refractivity contribution in [2.45, 2.75) is 0 Å². The Balaban J connectivity index is 0.00000156. The summed E-state index contributed by atoms with van der Waals surface area (Å²) in [6, 6.07) is 7.83. The number of rotatable bonds is 2. The quantitative estimate of drug-likeness (QED) is 0.606. The van der Waals surface area contributed by atoms with Crippen LogP contribution in [0.25, 0.3) is 28.2 Å². The molecule has 0 radical (unpaired) electrons. The van der Waals surface area contributed by atoms with Crippen molar-refractivity contribution in [1.82, 2.24) is 24.8 Å². The van der Waals surface area contributed by atoms with Gasteiger partial charge in [0.05, 0.1) is 11.7 Å². The molecular formula is C14H10ClFN6O. The van der Waals surface area contributed by atoms with E-state index in [1.165, 1.54) is 12.1 Å². The summed E-state index contributed by atoms with van der Waals surface area (Å²) in [6.45, 7) is 0. The van der Waals surface area contributed by atoms with Gasteiger partial charge < -0.3 is 5.73 Å². The van der Waals surface area contributed by atoms with Crippen LogP contribution in [0.4, 0.5) is 10.2 Å². The van der Waals surface area contributed by atoms with E-state index in [4.69, 9.17) is 5.73 Å². The third-order valence-electron chi connectivity index (χ3n) is 3.27. The number of anilines is 1. The molecule has 4 rings (SSSR count). The van der Waals surface area contributed by atoms with Gasteiger partial charge in [0.15, 0.2) is 17.3 Å². The number of benzene rings is 1. The van der Waals surface area contributed by atoms with Crippen molar-refractivity contribution in [3.05, 3.63) is 48.5 Å². The van der Waals surface area contributed by atoms with Crippen LogP contribution in [0.1, 0.15) is 0 Å². The lowest BCUT2D eigenvalue weighted by Crippen LogP contribution is -2.00. The zero-order chi connectivity index (χ0) is 15.1. The Labute approximate surface area is 135 Å². The highest BCUT2D eigenvalue weighted by molar-refractivity contribution is 5.85. The van der Waals surface area contributed by atoms with Gasteiger partial charge in [0.25, 0.3) is 0 Å². The van der Waals surface area contributed by atoms with Gasteiger partial charge in [-0.15, -0.1) is 12.4 Å². The van der Waals surface area contributed by atoms with Crippen molar-refractivity contribution in [3.63, 3.8) is 0 Å². The number of hydrogen-bond acceptors (Lipinski definition) is 6. The fourth-order valence-electron chi connectivity index (χ4n) is 2.29. The van der Waals surface area contributed by atoms with E-state index in [0.29, 0.717) is 22.7 Å². The third kappa shape index (κ3) is 2.38. The molecule has 1 aromatic carbocycles. The molecule has 0 aliphatic carbocycles. The van der Waals surface area contributed by atoms with Gasteiger partial charge in [-0.25, -0.2) is 14.0 Å². The molecule has 116 valence electrons. The highest BCUT2D eigenvalue weighted by Gasteiger charge is 2.20. The number of hydrogen-bond donors (Lipinski definition) is 1. The van der Waals surface area contributed by atoms with Crippen LogP contribution in [0.5, 0.6) is 0 Å². The Morgan fingerprint density at radius 1 is 1.09 bits per heavy atom. The first kappa shape index (κ1) is 14.9. The minimum Gasteiger partial charge on any atom is -0.379 e. The van der Waals surface area contributed by atoms with Gasteiger partial charge >= 0.3 is 0 Å². The van der Waals surface area contributed by atoms with Crippen LogP contribution in [0.3, 0.4) is 0 Å². The molecule has 0 aliphatic heterocycles. The van der Waals surface area contributed by atoms with Crippen molar-refractivity contribution in [3.8, 4) is 17.2 Å². The van der Waals surface area contributed by atoms with Crippen LogP contribution in [-0.4, -0.2) is 24.8 Å². The van der Waals surface area contributed by atoms with Gasteiger partial charge in [0, 0.05) is 11.9 Å². The van der Waals surface area contributed by atoms with Crippen LogP contribution in [0.2, 0.25) is 0 Å². The molecule has 0 amide bonds. The van der Waals surface area contributed by atoms with E-state index >= 15 is 0 Å². The zero-order valence-corrected chi connectivity index (χ0v) is 12.4.